The summed E-state index contributed by atoms with van der Waals surface area (Å²) in [6.07, 6.45) is 0. The third kappa shape index (κ3) is 5.11. The molecule has 0 spiro atoms. The van der Waals surface area contributed by atoms with E-state index >= 15 is 0 Å². The van der Waals surface area contributed by atoms with E-state index in [1.54, 1.807) is 12.1 Å². The van der Waals surface area contributed by atoms with Crippen LogP contribution in [0.4, 0.5) is 10.5 Å². The van der Waals surface area contributed by atoms with Crippen LogP contribution in [0.15, 0.2) is 51.9 Å². The SMILES string of the molecule is CON=S(=O)(NC(=O)Nc1c(C(C)C)cccc1C(C)C)c1ccc(C)cc1. The Morgan fingerprint density at radius 2 is 1.54 bits per heavy atom. The second-order valence-corrected chi connectivity index (χ2v) is 9.15. The molecule has 152 valence electrons. The van der Waals surface area contributed by atoms with Gasteiger partial charge < -0.3 is 5.32 Å². The second-order valence-electron chi connectivity index (χ2n) is 7.27. The van der Waals surface area contributed by atoms with Crippen LogP contribution in [0, 0.1) is 6.92 Å². The van der Waals surface area contributed by atoms with Crippen molar-refractivity contribution in [1.82, 2.24) is 4.72 Å². The fraction of sp³-hybridized carbons (Fsp3) is 0.381. The van der Waals surface area contributed by atoms with Crippen LogP contribution in [0.3, 0.4) is 0 Å². The van der Waals surface area contributed by atoms with Gasteiger partial charge in [-0.2, -0.15) is 0 Å². The van der Waals surface area contributed by atoms with Crippen molar-refractivity contribution in [2.75, 3.05) is 12.4 Å². The van der Waals surface area contributed by atoms with Gasteiger partial charge in [0.1, 0.15) is 0 Å². The summed E-state index contributed by atoms with van der Waals surface area (Å²) in [4.78, 5) is 17.9. The summed E-state index contributed by atoms with van der Waals surface area (Å²) in [5.74, 6) is 0.443. The van der Waals surface area contributed by atoms with E-state index in [4.69, 9.17) is 4.84 Å². The lowest BCUT2D eigenvalue weighted by molar-refractivity contribution is 0.217. The summed E-state index contributed by atoms with van der Waals surface area (Å²) in [5.41, 5.74) is 3.80. The molecule has 2 amide bonds. The molecule has 0 aliphatic carbocycles. The standard InChI is InChI=1S/C21H29N3O3S/c1-14(2)18-8-7-9-19(15(3)4)20(18)22-21(25)23-28(26,24-27-6)17-12-10-16(5)11-13-17/h7-15H,1-6H3,(H2,22,23,24,25,26). The molecule has 0 aliphatic heterocycles. The van der Waals surface area contributed by atoms with Gasteiger partial charge in [-0.25, -0.2) is 18.6 Å². The molecular formula is C21H29N3O3S. The van der Waals surface area contributed by atoms with Crippen LogP contribution in [-0.2, 0) is 14.8 Å². The minimum Gasteiger partial charge on any atom is -0.307 e. The van der Waals surface area contributed by atoms with E-state index in [2.05, 4.69) is 42.3 Å². The molecule has 1 atom stereocenters. The maximum atomic E-state index is 13.3. The maximum absolute atomic E-state index is 13.3. The lowest BCUT2D eigenvalue weighted by Crippen LogP contribution is -2.35. The molecule has 0 bridgehead atoms. The molecule has 0 aromatic heterocycles. The lowest BCUT2D eigenvalue weighted by atomic mass is 9.93. The molecule has 28 heavy (non-hydrogen) atoms. The van der Waals surface area contributed by atoms with Crippen LogP contribution in [0.2, 0.25) is 0 Å². The van der Waals surface area contributed by atoms with Gasteiger partial charge in [0.2, 0.25) is 0 Å². The van der Waals surface area contributed by atoms with Gasteiger partial charge in [-0.05, 0) is 42.0 Å². The Bertz CT molecular complexity index is 918. The van der Waals surface area contributed by atoms with Crippen LogP contribution in [0.1, 0.15) is 56.2 Å². The smallest absolute Gasteiger partial charge is 0.307 e. The molecule has 0 aliphatic rings. The van der Waals surface area contributed by atoms with Gasteiger partial charge >= 0.3 is 6.03 Å². The number of rotatable bonds is 6. The topological polar surface area (TPSA) is 79.8 Å². The second kappa shape index (κ2) is 9.21. The van der Waals surface area contributed by atoms with Crippen molar-refractivity contribution in [2.24, 2.45) is 4.53 Å². The number of amides is 2. The van der Waals surface area contributed by atoms with Crippen molar-refractivity contribution >= 4 is 21.6 Å². The number of aryl methyl sites for hydroxylation is 1. The number of hydrogen-bond acceptors (Lipinski definition) is 4. The Balaban J connectivity index is 2.38. The molecule has 7 heteroatoms. The van der Waals surface area contributed by atoms with Crippen molar-refractivity contribution in [2.45, 2.75) is 51.3 Å². The Morgan fingerprint density at radius 3 is 2.00 bits per heavy atom. The van der Waals surface area contributed by atoms with Gasteiger partial charge in [0.25, 0.3) is 0 Å². The van der Waals surface area contributed by atoms with E-state index in [1.807, 2.05) is 37.3 Å². The van der Waals surface area contributed by atoms with E-state index in [0.717, 1.165) is 22.4 Å². The zero-order valence-corrected chi connectivity index (χ0v) is 18.1. The van der Waals surface area contributed by atoms with Crippen LogP contribution in [-0.4, -0.2) is 17.3 Å². The number of anilines is 1. The Hall–Kier alpha value is -2.38. The van der Waals surface area contributed by atoms with E-state index in [-0.39, 0.29) is 11.8 Å². The predicted octanol–water partition coefficient (Wildman–Crippen LogP) is 5.37. The fourth-order valence-corrected chi connectivity index (χ4v) is 4.17. The molecule has 0 saturated carbocycles. The van der Waals surface area contributed by atoms with Crippen LogP contribution in [0.5, 0.6) is 0 Å². The first-order valence-electron chi connectivity index (χ1n) is 9.25. The first-order valence-corrected chi connectivity index (χ1v) is 10.8. The highest BCUT2D eigenvalue weighted by Gasteiger charge is 2.20. The van der Waals surface area contributed by atoms with Crippen LogP contribution < -0.4 is 10.0 Å². The molecule has 0 saturated heterocycles. The minimum atomic E-state index is -3.28. The zero-order chi connectivity index (χ0) is 20.9. The van der Waals surface area contributed by atoms with E-state index in [9.17, 15) is 9.00 Å². The van der Waals surface area contributed by atoms with E-state index in [0.29, 0.717) is 4.90 Å². The van der Waals surface area contributed by atoms with Gasteiger partial charge in [-0.3, -0.25) is 0 Å². The third-order valence-corrected chi connectivity index (χ3v) is 6.09. The number of urea groups is 1. The normalized spacial score (nSPS) is 13.3. The molecular weight excluding hydrogens is 374 g/mol. The molecule has 6 nitrogen and oxygen atoms in total. The highest BCUT2D eigenvalue weighted by Crippen LogP contribution is 2.32. The number of benzene rings is 2. The molecule has 0 heterocycles. The van der Waals surface area contributed by atoms with Crippen molar-refractivity contribution < 1.29 is 13.8 Å². The number of hydrogen-bond donors (Lipinski definition) is 2. The van der Waals surface area contributed by atoms with Gasteiger partial charge in [0, 0.05) is 5.69 Å². The summed E-state index contributed by atoms with van der Waals surface area (Å²) in [5, 5.41) is 2.89. The highest BCUT2D eigenvalue weighted by atomic mass is 32.2. The van der Waals surface area contributed by atoms with Gasteiger partial charge in [-0.1, -0.05) is 68.1 Å². The molecule has 2 aromatic carbocycles. The first kappa shape index (κ1) is 21.9. The highest BCUT2D eigenvalue weighted by molar-refractivity contribution is 7.92. The minimum absolute atomic E-state index is 0.221. The molecule has 2 rings (SSSR count). The Kier molecular flexibility index (Phi) is 7.21. The third-order valence-electron chi connectivity index (χ3n) is 4.36. The quantitative estimate of drug-likeness (QED) is 0.637. The molecule has 0 radical (unpaired) electrons. The van der Waals surface area contributed by atoms with Gasteiger partial charge in [0.15, 0.2) is 9.92 Å². The largest absolute Gasteiger partial charge is 0.332 e. The van der Waals surface area contributed by atoms with Crippen LogP contribution >= 0.6 is 0 Å². The monoisotopic (exact) mass is 403 g/mol. The number of para-hydroxylation sites is 1. The van der Waals surface area contributed by atoms with E-state index < -0.39 is 15.9 Å². The summed E-state index contributed by atoms with van der Waals surface area (Å²) in [6.45, 7) is 10.2. The Labute approximate surface area is 168 Å². The van der Waals surface area contributed by atoms with E-state index in [1.165, 1.54) is 7.11 Å². The average molecular weight is 404 g/mol. The summed E-state index contributed by atoms with van der Waals surface area (Å²) >= 11 is 0. The summed E-state index contributed by atoms with van der Waals surface area (Å²) in [6, 6.07) is 12.3. The summed E-state index contributed by atoms with van der Waals surface area (Å²) in [7, 11) is -1.98. The molecule has 2 aromatic rings. The van der Waals surface area contributed by atoms with Crippen LogP contribution in [0.25, 0.3) is 0 Å². The predicted molar refractivity (Wildman–Crippen MR) is 114 cm³/mol. The zero-order valence-electron chi connectivity index (χ0n) is 17.3. The first-order chi connectivity index (χ1) is 13.2. The van der Waals surface area contributed by atoms with Gasteiger partial charge in [-0.15, -0.1) is 0 Å². The number of nitrogens with zero attached hydrogens (tertiary/aromatic N) is 1. The average Bonchev–Trinajstić information content (AvgIpc) is 2.61. The van der Waals surface area contributed by atoms with Crippen molar-refractivity contribution in [3.05, 3.63) is 59.2 Å². The molecule has 2 N–H and O–H groups in total. The number of carbonyl (C=O) groups excluding carboxylic acids is 1. The maximum Gasteiger partial charge on any atom is 0.332 e. The fourth-order valence-electron chi connectivity index (χ4n) is 2.91. The molecule has 0 fully saturated rings. The number of nitrogens with one attached hydrogen (secondary N) is 2. The summed E-state index contributed by atoms with van der Waals surface area (Å²) < 4.78 is 19.5. The van der Waals surface area contributed by atoms with Crippen molar-refractivity contribution in [1.29, 1.82) is 0 Å². The molecule has 1 unspecified atom stereocenters. The van der Waals surface area contributed by atoms with Crippen molar-refractivity contribution in [3.63, 3.8) is 0 Å². The van der Waals surface area contributed by atoms with Crippen molar-refractivity contribution in [3.8, 4) is 0 Å². The van der Waals surface area contributed by atoms with Gasteiger partial charge in [0.05, 0.1) is 12.0 Å². The lowest BCUT2D eigenvalue weighted by Gasteiger charge is -2.21. The Morgan fingerprint density at radius 1 is 1.00 bits per heavy atom. The number of carbonyl (C=O) groups is 1.